The Labute approximate surface area is 101 Å². The van der Waals surface area contributed by atoms with Gasteiger partial charge in [-0.1, -0.05) is 32.6 Å². The lowest BCUT2D eigenvalue weighted by Crippen LogP contribution is -2.05. The van der Waals surface area contributed by atoms with Crippen LogP contribution in [0.15, 0.2) is 12.4 Å². The number of carbonyl (C=O) groups is 1. The molecule has 17 heavy (non-hydrogen) atoms. The number of hydrogen-bond acceptors (Lipinski definition) is 4. The lowest BCUT2D eigenvalue weighted by molar-refractivity contribution is 0.0688. The van der Waals surface area contributed by atoms with E-state index in [0.29, 0.717) is 6.61 Å². The summed E-state index contributed by atoms with van der Waals surface area (Å²) < 4.78 is 5.34. The van der Waals surface area contributed by atoms with E-state index in [-0.39, 0.29) is 11.6 Å². The third-order valence-corrected chi connectivity index (χ3v) is 2.33. The van der Waals surface area contributed by atoms with Crippen LogP contribution < -0.4 is 4.74 Å². The highest BCUT2D eigenvalue weighted by molar-refractivity contribution is 5.84. The van der Waals surface area contributed by atoms with E-state index in [1.54, 1.807) is 0 Å². The van der Waals surface area contributed by atoms with Crippen LogP contribution >= 0.6 is 0 Å². The standard InChI is InChI=1S/C12H18N2O3/c1-2-3-4-5-6-7-17-11-9-13-8-10(14-11)12(15)16/h8-9H,2-7H2,1H3,(H,15,16). The van der Waals surface area contributed by atoms with Crippen molar-refractivity contribution in [2.24, 2.45) is 0 Å². The summed E-state index contributed by atoms with van der Waals surface area (Å²) in [6, 6.07) is 0. The molecule has 0 bridgehead atoms. The normalized spacial score (nSPS) is 10.2. The maximum absolute atomic E-state index is 10.6. The molecule has 5 nitrogen and oxygen atoms in total. The van der Waals surface area contributed by atoms with Crippen LogP contribution in [0.5, 0.6) is 5.88 Å². The zero-order valence-corrected chi connectivity index (χ0v) is 10.1. The highest BCUT2D eigenvalue weighted by atomic mass is 16.5. The molecule has 0 fully saturated rings. The molecule has 1 heterocycles. The molecule has 0 unspecified atom stereocenters. The molecule has 0 aliphatic rings. The summed E-state index contributed by atoms with van der Waals surface area (Å²) in [5.41, 5.74) is -0.0894. The molecule has 0 radical (unpaired) electrons. The first kappa shape index (κ1) is 13.4. The molecule has 1 aromatic heterocycles. The fourth-order valence-electron chi connectivity index (χ4n) is 1.40. The summed E-state index contributed by atoms with van der Waals surface area (Å²) in [6.45, 7) is 2.73. The van der Waals surface area contributed by atoms with Crippen molar-refractivity contribution in [2.45, 2.75) is 39.0 Å². The molecule has 0 saturated heterocycles. The van der Waals surface area contributed by atoms with Crippen LogP contribution in [0, 0.1) is 0 Å². The molecule has 0 aliphatic carbocycles. The summed E-state index contributed by atoms with van der Waals surface area (Å²) in [5, 5.41) is 8.72. The molecular weight excluding hydrogens is 220 g/mol. The average molecular weight is 238 g/mol. The summed E-state index contributed by atoms with van der Waals surface area (Å²) in [6.07, 6.45) is 8.38. The monoisotopic (exact) mass is 238 g/mol. The molecule has 0 aliphatic heterocycles. The Hall–Kier alpha value is -1.65. The van der Waals surface area contributed by atoms with E-state index in [4.69, 9.17) is 9.84 Å². The first-order chi connectivity index (χ1) is 8.24. The number of carboxylic acids is 1. The van der Waals surface area contributed by atoms with Gasteiger partial charge in [-0.05, 0) is 6.42 Å². The van der Waals surface area contributed by atoms with Gasteiger partial charge in [0.1, 0.15) is 0 Å². The number of carboxylic acid groups (broad SMARTS) is 1. The molecule has 0 spiro atoms. The number of aromatic nitrogens is 2. The molecule has 0 aromatic carbocycles. The number of ether oxygens (including phenoxy) is 1. The third kappa shape index (κ3) is 5.29. The quantitative estimate of drug-likeness (QED) is 0.704. The van der Waals surface area contributed by atoms with Crippen LogP contribution in [-0.2, 0) is 0 Å². The topological polar surface area (TPSA) is 72.3 Å². The van der Waals surface area contributed by atoms with E-state index in [0.717, 1.165) is 12.8 Å². The van der Waals surface area contributed by atoms with Crippen LogP contribution in [-0.4, -0.2) is 27.7 Å². The van der Waals surface area contributed by atoms with Gasteiger partial charge in [-0.25, -0.2) is 9.78 Å². The summed E-state index contributed by atoms with van der Waals surface area (Å²) in [7, 11) is 0. The lowest BCUT2D eigenvalue weighted by atomic mass is 10.2. The predicted octanol–water partition coefficient (Wildman–Crippen LogP) is 2.52. The van der Waals surface area contributed by atoms with Crippen LogP contribution in [0.2, 0.25) is 0 Å². The molecule has 94 valence electrons. The first-order valence-electron chi connectivity index (χ1n) is 5.92. The summed E-state index contributed by atoms with van der Waals surface area (Å²) in [4.78, 5) is 18.2. The Morgan fingerprint density at radius 2 is 2.06 bits per heavy atom. The molecule has 1 aromatic rings. The van der Waals surface area contributed by atoms with Gasteiger partial charge in [-0.15, -0.1) is 0 Å². The van der Waals surface area contributed by atoms with E-state index < -0.39 is 5.97 Å². The van der Waals surface area contributed by atoms with Crippen molar-refractivity contribution in [1.82, 2.24) is 9.97 Å². The second-order valence-electron chi connectivity index (χ2n) is 3.81. The van der Waals surface area contributed by atoms with Crippen molar-refractivity contribution in [3.8, 4) is 5.88 Å². The van der Waals surface area contributed by atoms with Crippen molar-refractivity contribution >= 4 is 5.97 Å². The molecule has 1 rings (SSSR count). The first-order valence-corrected chi connectivity index (χ1v) is 5.92. The van der Waals surface area contributed by atoms with E-state index >= 15 is 0 Å². The Morgan fingerprint density at radius 3 is 2.76 bits per heavy atom. The largest absolute Gasteiger partial charge is 0.477 e. The van der Waals surface area contributed by atoms with Gasteiger partial charge in [0, 0.05) is 0 Å². The SMILES string of the molecule is CCCCCCCOc1cncc(C(=O)O)n1. The van der Waals surface area contributed by atoms with Crippen LogP contribution in [0.3, 0.4) is 0 Å². The second kappa shape index (κ2) is 7.60. The van der Waals surface area contributed by atoms with Crippen LogP contribution in [0.4, 0.5) is 0 Å². The highest BCUT2D eigenvalue weighted by Gasteiger charge is 2.06. The predicted molar refractivity (Wildman–Crippen MR) is 63.2 cm³/mol. The lowest BCUT2D eigenvalue weighted by Gasteiger charge is -2.04. The smallest absolute Gasteiger partial charge is 0.356 e. The number of nitrogens with zero attached hydrogens (tertiary/aromatic N) is 2. The zero-order chi connectivity index (χ0) is 12.5. The van der Waals surface area contributed by atoms with Gasteiger partial charge in [0.05, 0.1) is 19.0 Å². The van der Waals surface area contributed by atoms with Gasteiger partial charge in [0.2, 0.25) is 5.88 Å². The minimum atomic E-state index is -1.09. The van der Waals surface area contributed by atoms with Crippen LogP contribution in [0.1, 0.15) is 49.5 Å². The minimum Gasteiger partial charge on any atom is -0.477 e. The molecular formula is C12H18N2O3. The molecule has 0 amide bonds. The van der Waals surface area contributed by atoms with E-state index in [2.05, 4.69) is 16.9 Å². The molecule has 0 atom stereocenters. The van der Waals surface area contributed by atoms with Gasteiger partial charge in [-0.3, -0.25) is 4.98 Å². The summed E-state index contributed by atoms with van der Waals surface area (Å²) >= 11 is 0. The summed E-state index contributed by atoms with van der Waals surface area (Å²) in [5.74, 6) is -0.814. The molecule has 1 N–H and O–H groups in total. The Morgan fingerprint density at radius 1 is 1.29 bits per heavy atom. The number of hydrogen-bond donors (Lipinski definition) is 1. The maximum atomic E-state index is 10.6. The third-order valence-electron chi connectivity index (χ3n) is 2.33. The maximum Gasteiger partial charge on any atom is 0.356 e. The van der Waals surface area contributed by atoms with E-state index in [1.807, 2.05) is 0 Å². The fraction of sp³-hybridized carbons (Fsp3) is 0.583. The Bertz CT molecular complexity index is 355. The van der Waals surface area contributed by atoms with Gasteiger partial charge in [0.25, 0.3) is 0 Å². The fourth-order valence-corrected chi connectivity index (χ4v) is 1.40. The van der Waals surface area contributed by atoms with Crippen molar-refractivity contribution in [1.29, 1.82) is 0 Å². The Kier molecular flexibility index (Phi) is 5.99. The van der Waals surface area contributed by atoms with Crippen molar-refractivity contribution in [3.05, 3.63) is 18.1 Å². The van der Waals surface area contributed by atoms with Crippen LogP contribution in [0.25, 0.3) is 0 Å². The van der Waals surface area contributed by atoms with Gasteiger partial charge in [0.15, 0.2) is 5.69 Å². The zero-order valence-electron chi connectivity index (χ0n) is 10.1. The van der Waals surface area contributed by atoms with Crippen molar-refractivity contribution in [2.75, 3.05) is 6.61 Å². The average Bonchev–Trinajstić information content (AvgIpc) is 2.34. The number of unbranched alkanes of at least 4 members (excludes halogenated alkanes) is 4. The second-order valence-corrected chi connectivity index (χ2v) is 3.81. The molecule has 5 heteroatoms. The van der Waals surface area contributed by atoms with Crippen molar-refractivity contribution < 1.29 is 14.6 Å². The molecule has 0 saturated carbocycles. The number of rotatable bonds is 8. The van der Waals surface area contributed by atoms with Crippen molar-refractivity contribution in [3.63, 3.8) is 0 Å². The van der Waals surface area contributed by atoms with E-state index in [9.17, 15) is 4.79 Å². The van der Waals surface area contributed by atoms with Gasteiger partial charge in [-0.2, -0.15) is 0 Å². The van der Waals surface area contributed by atoms with E-state index in [1.165, 1.54) is 31.7 Å². The highest BCUT2D eigenvalue weighted by Crippen LogP contribution is 2.07. The number of aromatic carboxylic acids is 1. The Balaban J connectivity index is 2.27. The van der Waals surface area contributed by atoms with Gasteiger partial charge >= 0.3 is 5.97 Å². The van der Waals surface area contributed by atoms with Gasteiger partial charge < -0.3 is 9.84 Å². The minimum absolute atomic E-state index is 0.0894.